The second kappa shape index (κ2) is 10.4. The van der Waals surface area contributed by atoms with Gasteiger partial charge in [0.2, 0.25) is 0 Å². The van der Waals surface area contributed by atoms with Crippen LogP contribution in [0.15, 0.2) is 47.7 Å². The summed E-state index contributed by atoms with van der Waals surface area (Å²) in [6.07, 6.45) is 6.34. The average molecular weight is 397 g/mol. The molecule has 1 aromatic carbocycles. The third kappa shape index (κ3) is 5.60. The maximum Gasteiger partial charge on any atom is 0.193 e. The first-order valence-electron chi connectivity index (χ1n) is 10.9. The molecule has 0 amide bonds. The summed E-state index contributed by atoms with van der Waals surface area (Å²) in [4.78, 5) is 9.51. The number of aliphatic imine (C=N–C) groups is 1. The molecule has 0 saturated carbocycles. The minimum absolute atomic E-state index is 0.445. The summed E-state index contributed by atoms with van der Waals surface area (Å²) in [7, 11) is 3.88. The molecule has 1 saturated heterocycles. The van der Waals surface area contributed by atoms with Gasteiger partial charge < -0.3 is 10.2 Å². The standard InChI is InChI=1S/C23H36N6/c1-5-28(6-2)22(14-19-10-8-7-9-11-19)16-25-23(24-3)29-13-12-20(18-29)21-15-26-27(4)17-21/h7-11,15,17,20,22H,5-6,12-14,16,18H2,1-4H3,(H,24,25). The molecule has 158 valence electrons. The summed E-state index contributed by atoms with van der Waals surface area (Å²) in [5, 5.41) is 8.01. The average Bonchev–Trinajstić information content (AvgIpc) is 3.39. The molecular weight excluding hydrogens is 360 g/mol. The highest BCUT2D eigenvalue weighted by Crippen LogP contribution is 2.26. The van der Waals surface area contributed by atoms with Gasteiger partial charge in [0.15, 0.2) is 5.96 Å². The zero-order chi connectivity index (χ0) is 20.6. The lowest BCUT2D eigenvalue weighted by Crippen LogP contribution is -2.48. The lowest BCUT2D eigenvalue weighted by molar-refractivity contribution is 0.214. The number of aromatic nitrogens is 2. The van der Waals surface area contributed by atoms with Crippen molar-refractivity contribution in [3.63, 3.8) is 0 Å². The Morgan fingerprint density at radius 3 is 2.66 bits per heavy atom. The second-order valence-electron chi connectivity index (χ2n) is 7.87. The molecule has 29 heavy (non-hydrogen) atoms. The van der Waals surface area contributed by atoms with Crippen LogP contribution in [0.3, 0.4) is 0 Å². The van der Waals surface area contributed by atoms with Crippen molar-refractivity contribution in [3.05, 3.63) is 53.9 Å². The Kier molecular flexibility index (Phi) is 7.69. The normalized spacial score (nSPS) is 18.4. The number of guanidine groups is 1. The van der Waals surface area contributed by atoms with E-state index in [0.29, 0.717) is 12.0 Å². The predicted octanol–water partition coefficient (Wildman–Crippen LogP) is 2.74. The largest absolute Gasteiger partial charge is 0.355 e. The molecule has 0 radical (unpaired) electrons. The lowest BCUT2D eigenvalue weighted by Gasteiger charge is -2.32. The van der Waals surface area contributed by atoms with Crippen molar-refractivity contribution < 1.29 is 0 Å². The van der Waals surface area contributed by atoms with Crippen LogP contribution in [0.1, 0.15) is 37.3 Å². The van der Waals surface area contributed by atoms with E-state index in [1.54, 1.807) is 0 Å². The summed E-state index contributed by atoms with van der Waals surface area (Å²) in [5.41, 5.74) is 2.72. The van der Waals surface area contributed by atoms with Crippen molar-refractivity contribution in [2.75, 3.05) is 39.8 Å². The second-order valence-corrected chi connectivity index (χ2v) is 7.87. The van der Waals surface area contributed by atoms with Gasteiger partial charge in [-0.15, -0.1) is 0 Å². The molecular formula is C23H36N6. The van der Waals surface area contributed by atoms with Gasteiger partial charge in [0, 0.05) is 51.9 Å². The van der Waals surface area contributed by atoms with Crippen LogP contribution in [0.5, 0.6) is 0 Å². The van der Waals surface area contributed by atoms with Crippen molar-refractivity contribution >= 4 is 5.96 Å². The summed E-state index contributed by atoms with van der Waals surface area (Å²) in [6.45, 7) is 9.54. The highest BCUT2D eigenvalue weighted by atomic mass is 15.3. The molecule has 0 spiro atoms. The first-order valence-corrected chi connectivity index (χ1v) is 10.9. The molecule has 1 aromatic heterocycles. The highest BCUT2D eigenvalue weighted by molar-refractivity contribution is 5.80. The van der Waals surface area contributed by atoms with E-state index in [0.717, 1.165) is 51.5 Å². The van der Waals surface area contributed by atoms with Crippen LogP contribution in [0.25, 0.3) is 0 Å². The Bertz CT molecular complexity index is 765. The molecule has 2 atom stereocenters. The predicted molar refractivity (Wildman–Crippen MR) is 120 cm³/mol. The van der Waals surface area contributed by atoms with Crippen LogP contribution in [-0.4, -0.2) is 71.4 Å². The fourth-order valence-electron chi connectivity index (χ4n) is 4.37. The number of rotatable bonds is 8. The Morgan fingerprint density at radius 2 is 2.03 bits per heavy atom. The van der Waals surface area contributed by atoms with Gasteiger partial charge in [-0.3, -0.25) is 14.6 Å². The Balaban J connectivity index is 1.61. The maximum absolute atomic E-state index is 4.59. The van der Waals surface area contributed by atoms with Gasteiger partial charge in [-0.1, -0.05) is 44.2 Å². The molecule has 2 heterocycles. The molecule has 3 rings (SSSR count). The van der Waals surface area contributed by atoms with E-state index < -0.39 is 0 Å². The van der Waals surface area contributed by atoms with Crippen LogP contribution < -0.4 is 5.32 Å². The van der Waals surface area contributed by atoms with Gasteiger partial charge in [0.05, 0.1) is 6.20 Å². The van der Waals surface area contributed by atoms with Crippen molar-refractivity contribution in [2.24, 2.45) is 12.0 Å². The minimum Gasteiger partial charge on any atom is -0.355 e. The molecule has 0 aliphatic carbocycles. The fraction of sp³-hybridized carbons (Fsp3) is 0.565. The summed E-state index contributed by atoms with van der Waals surface area (Å²) >= 11 is 0. The van der Waals surface area contributed by atoms with E-state index in [1.807, 2.05) is 25.0 Å². The molecule has 1 N–H and O–H groups in total. The molecule has 2 unspecified atom stereocenters. The number of likely N-dealkylation sites (tertiary alicyclic amines) is 1. The number of benzene rings is 1. The Labute approximate surface area is 175 Å². The van der Waals surface area contributed by atoms with Crippen LogP contribution in [0.2, 0.25) is 0 Å². The van der Waals surface area contributed by atoms with Gasteiger partial charge in [-0.2, -0.15) is 5.10 Å². The van der Waals surface area contributed by atoms with Crippen molar-refractivity contribution in [2.45, 2.75) is 38.6 Å². The molecule has 1 aliphatic rings. The van der Waals surface area contributed by atoms with Gasteiger partial charge in [0.1, 0.15) is 0 Å². The molecule has 6 heteroatoms. The van der Waals surface area contributed by atoms with Crippen LogP contribution in [0.4, 0.5) is 0 Å². The Hall–Kier alpha value is -2.34. The lowest BCUT2D eigenvalue weighted by atomic mass is 10.0. The van der Waals surface area contributed by atoms with E-state index in [2.05, 4.69) is 75.6 Å². The van der Waals surface area contributed by atoms with Gasteiger partial charge in [-0.25, -0.2) is 0 Å². The van der Waals surface area contributed by atoms with Crippen molar-refractivity contribution in [1.29, 1.82) is 0 Å². The molecule has 1 fully saturated rings. The number of hydrogen-bond acceptors (Lipinski definition) is 3. The van der Waals surface area contributed by atoms with Gasteiger partial charge in [-0.05, 0) is 37.1 Å². The van der Waals surface area contributed by atoms with Crippen molar-refractivity contribution in [3.8, 4) is 0 Å². The van der Waals surface area contributed by atoms with Crippen LogP contribution >= 0.6 is 0 Å². The highest BCUT2D eigenvalue weighted by Gasteiger charge is 2.27. The Morgan fingerprint density at radius 1 is 1.28 bits per heavy atom. The number of aryl methyl sites for hydroxylation is 1. The fourth-order valence-corrected chi connectivity index (χ4v) is 4.37. The molecule has 2 aromatic rings. The van der Waals surface area contributed by atoms with E-state index in [1.165, 1.54) is 11.1 Å². The summed E-state index contributed by atoms with van der Waals surface area (Å²) < 4.78 is 1.89. The SMILES string of the molecule is CCN(CC)C(CNC(=NC)N1CCC(c2cnn(C)c2)C1)Cc1ccccc1. The third-order valence-corrected chi connectivity index (χ3v) is 6.03. The number of likely N-dealkylation sites (N-methyl/N-ethyl adjacent to an activating group) is 1. The quantitative estimate of drug-likeness (QED) is 0.551. The van der Waals surface area contributed by atoms with Gasteiger partial charge >= 0.3 is 0 Å². The first-order chi connectivity index (χ1) is 14.1. The van der Waals surface area contributed by atoms with Crippen LogP contribution in [0, 0.1) is 0 Å². The third-order valence-electron chi connectivity index (χ3n) is 6.03. The molecule has 6 nitrogen and oxygen atoms in total. The van der Waals surface area contributed by atoms with Crippen molar-refractivity contribution in [1.82, 2.24) is 24.9 Å². The first kappa shape index (κ1) is 21.4. The summed E-state index contributed by atoms with van der Waals surface area (Å²) in [5.74, 6) is 1.55. The molecule has 0 bridgehead atoms. The zero-order valence-electron chi connectivity index (χ0n) is 18.4. The zero-order valence-corrected chi connectivity index (χ0v) is 18.4. The van der Waals surface area contributed by atoms with E-state index in [-0.39, 0.29) is 0 Å². The number of hydrogen-bond donors (Lipinski definition) is 1. The topological polar surface area (TPSA) is 48.7 Å². The maximum atomic E-state index is 4.59. The van der Waals surface area contributed by atoms with E-state index >= 15 is 0 Å². The summed E-state index contributed by atoms with van der Waals surface area (Å²) in [6, 6.07) is 11.2. The number of nitrogens with zero attached hydrogens (tertiary/aromatic N) is 5. The smallest absolute Gasteiger partial charge is 0.193 e. The van der Waals surface area contributed by atoms with Crippen LogP contribution in [-0.2, 0) is 13.5 Å². The van der Waals surface area contributed by atoms with Gasteiger partial charge in [0.25, 0.3) is 0 Å². The van der Waals surface area contributed by atoms with E-state index in [4.69, 9.17) is 0 Å². The molecule has 1 aliphatic heterocycles. The number of nitrogens with one attached hydrogen (secondary N) is 1. The minimum atomic E-state index is 0.445. The monoisotopic (exact) mass is 396 g/mol. The van der Waals surface area contributed by atoms with E-state index in [9.17, 15) is 0 Å².